The van der Waals surface area contributed by atoms with Crippen molar-refractivity contribution >= 4 is 0 Å². The zero-order chi connectivity index (χ0) is 11.8. The van der Waals surface area contributed by atoms with Gasteiger partial charge >= 0.3 is 0 Å². The van der Waals surface area contributed by atoms with Crippen LogP contribution in [0.3, 0.4) is 0 Å². The number of hydrogen-bond donors (Lipinski definition) is 1. The summed E-state index contributed by atoms with van der Waals surface area (Å²) in [6.07, 6.45) is 2.93. The fraction of sp³-hybridized carbons (Fsp3) is 1.00. The minimum absolute atomic E-state index is 0.454. The van der Waals surface area contributed by atoms with Gasteiger partial charge in [-0.2, -0.15) is 0 Å². The van der Waals surface area contributed by atoms with Crippen LogP contribution < -0.4 is 5.32 Å². The van der Waals surface area contributed by atoms with E-state index in [1.807, 2.05) is 0 Å². The van der Waals surface area contributed by atoms with Gasteiger partial charge in [0.15, 0.2) is 0 Å². The second kappa shape index (κ2) is 8.04. The molecule has 0 radical (unpaired) electrons. The van der Waals surface area contributed by atoms with Crippen LogP contribution in [-0.2, 0) is 4.74 Å². The third kappa shape index (κ3) is 4.81. The fourth-order valence-electron chi connectivity index (χ4n) is 2.30. The quantitative estimate of drug-likeness (QED) is 0.640. The van der Waals surface area contributed by atoms with Crippen LogP contribution in [0.5, 0.6) is 0 Å². The summed E-state index contributed by atoms with van der Waals surface area (Å²) in [4.78, 5) is 2.48. The minimum atomic E-state index is 0.454. The maximum atomic E-state index is 5.55. The van der Waals surface area contributed by atoms with Gasteiger partial charge in [0.2, 0.25) is 0 Å². The molecule has 3 nitrogen and oxygen atoms in total. The highest BCUT2D eigenvalue weighted by Crippen LogP contribution is 2.19. The van der Waals surface area contributed by atoms with Crippen LogP contribution in [0.15, 0.2) is 0 Å². The zero-order valence-electron chi connectivity index (χ0n) is 11.2. The highest BCUT2D eigenvalue weighted by atomic mass is 16.5. The van der Waals surface area contributed by atoms with E-state index in [2.05, 4.69) is 31.0 Å². The number of ether oxygens (including phenoxy) is 1. The molecule has 1 aliphatic heterocycles. The van der Waals surface area contributed by atoms with Crippen molar-refractivity contribution in [3.63, 3.8) is 0 Å². The molecule has 2 unspecified atom stereocenters. The summed E-state index contributed by atoms with van der Waals surface area (Å²) in [5.74, 6) is 0.730. The summed E-state index contributed by atoms with van der Waals surface area (Å²) in [6.45, 7) is 13.4. The number of hydrogen-bond acceptors (Lipinski definition) is 3. The molecule has 2 atom stereocenters. The van der Waals surface area contributed by atoms with E-state index in [0.717, 1.165) is 25.6 Å². The standard InChI is InChI=1S/C13H28N2O/c1-4-15(5-2)9-6-8-14-11-13-7-10-16-12(13)3/h12-14H,4-11H2,1-3H3. The Morgan fingerprint density at radius 2 is 2.06 bits per heavy atom. The van der Waals surface area contributed by atoms with Crippen molar-refractivity contribution < 1.29 is 4.74 Å². The second-order valence-electron chi connectivity index (χ2n) is 4.71. The largest absolute Gasteiger partial charge is 0.378 e. The molecule has 0 aromatic rings. The van der Waals surface area contributed by atoms with Crippen LogP contribution in [-0.4, -0.2) is 50.3 Å². The molecule has 0 aromatic heterocycles. The lowest BCUT2D eigenvalue weighted by Crippen LogP contribution is -2.30. The molecule has 16 heavy (non-hydrogen) atoms. The highest BCUT2D eigenvalue weighted by Gasteiger charge is 2.23. The topological polar surface area (TPSA) is 24.5 Å². The van der Waals surface area contributed by atoms with Crippen molar-refractivity contribution in [1.82, 2.24) is 10.2 Å². The first-order valence-corrected chi connectivity index (χ1v) is 6.82. The average Bonchev–Trinajstić information content (AvgIpc) is 2.70. The molecule has 0 amide bonds. The van der Waals surface area contributed by atoms with Gasteiger partial charge in [-0.1, -0.05) is 13.8 Å². The molecule has 1 rings (SSSR count). The highest BCUT2D eigenvalue weighted by molar-refractivity contribution is 4.74. The summed E-state index contributed by atoms with van der Waals surface area (Å²) in [7, 11) is 0. The monoisotopic (exact) mass is 228 g/mol. The van der Waals surface area contributed by atoms with Crippen LogP contribution in [0.4, 0.5) is 0 Å². The van der Waals surface area contributed by atoms with E-state index in [1.165, 1.54) is 32.5 Å². The van der Waals surface area contributed by atoms with E-state index in [1.54, 1.807) is 0 Å². The van der Waals surface area contributed by atoms with E-state index in [9.17, 15) is 0 Å². The van der Waals surface area contributed by atoms with Gasteiger partial charge in [0.05, 0.1) is 6.10 Å². The molecule has 1 N–H and O–H groups in total. The Hall–Kier alpha value is -0.120. The molecule has 96 valence electrons. The van der Waals surface area contributed by atoms with Crippen molar-refractivity contribution in [1.29, 1.82) is 0 Å². The summed E-state index contributed by atoms with van der Waals surface area (Å²) < 4.78 is 5.55. The molecule has 0 saturated carbocycles. The van der Waals surface area contributed by atoms with E-state index >= 15 is 0 Å². The summed E-state index contributed by atoms with van der Waals surface area (Å²) in [5.41, 5.74) is 0. The van der Waals surface area contributed by atoms with Crippen LogP contribution in [0, 0.1) is 5.92 Å². The summed E-state index contributed by atoms with van der Waals surface area (Å²) in [6, 6.07) is 0. The molecule has 1 aliphatic rings. The van der Waals surface area contributed by atoms with Crippen molar-refractivity contribution in [2.24, 2.45) is 5.92 Å². The molecule has 0 aliphatic carbocycles. The Kier molecular flexibility index (Phi) is 7.01. The summed E-state index contributed by atoms with van der Waals surface area (Å²) in [5, 5.41) is 3.55. The first-order valence-electron chi connectivity index (χ1n) is 6.82. The van der Waals surface area contributed by atoms with Gasteiger partial charge in [-0.15, -0.1) is 0 Å². The lowest BCUT2D eigenvalue weighted by molar-refractivity contribution is 0.105. The lowest BCUT2D eigenvalue weighted by atomic mass is 10.0. The van der Waals surface area contributed by atoms with Gasteiger partial charge in [0.25, 0.3) is 0 Å². The van der Waals surface area contributed by atoms with Crippen molar-refractivity contribution in [3.8, 4) is 0 Å². The fourth-order valence-corrected chi connectivity index (χ4v) is 2.30. The van der Waals surface area contributed by atoms with Crippen LogP contribution in [0.25, 0.3) is 0 Å². The Labute approximate surface area is 101 Å². The molecule has 0 aromatic carbocycles. The maximum Gasteiger partial charge on any atom is 0.0588 e. The molecule has 3 heteroatoms. The molecule has 1 heterocycles. The van der Waals surface area contributed by atoms with Crippen LogP contribution in [0.2, 0.25) is 0 Å². The molecule has 1 fully saturated rings. The van der Waals surface area contributed by atoms with Gasteiger partial charge in [-0.05, 0) is 51.9 Å². The third-order valence-electron chi connectivity index (χ3n) is 3.66. The first-order chi connectivity index (χ1) is 7.77. The van der Waals surface area contributed by atoms with E-state index in [0.29, 0.717) is 6.10 Å². The molecule has 0 bridgehead atoms. The third-order valence-corrected chi connectivity index (χ3v) is 3.66. The van der Waals surface area contributed by atoms with E-state index in [-0.39, 0.29) is 0 Å². The zero-order valence-corrected chi connectivity index (χ0v) is 11.2. The summed E-state index contributed by atoms with van der Waals surface area (Å²) >= 11 is 0. The SMILES string of the molecule is CCN(CC)CCCNCC1CCOC1C. The Morgan fingerprint density at radius 3 is 2.62 bits per heavy atom. The van der Waals surface area contributed by atoms with Crippen molar-refractivity contribution in [3.05, 3.63) is 0 Å². The Bertz CT molecular complexity index is 171. The van der Waals surface area contributed by atoms with Gasteiger partial charge < -0.3 is 15.0 Å². The smallest absolute Gasteiger partial charge is 0.0588 e. The van der Waals surface area contributed by atoms with Crippen LogP contribution >= 0.6 is 0 Å². The lowest BCUT2D eigenvalue weighted by Gasteiger charge is -2.19. The number of rotatable bonds is 8. The maximum absolute atomic E-state index is 5.55. The van der Waals surface area contributed by atoms with Crippen molar-refractivity contribution in [2.75, 3.05) is 39.3 Å². The Morgan fingerprint density at radius 1 is 1.31 bits per heavy atom. The molecular formula is C13H28N2O. The first kappa shape index (κ1) is 13.9. The van der Waals surface area contributed by atoms with Gasteiger partial charge in [-0.25, -0.2) is 0 Å². The number of nitrogens with zero attached hydrogens (tertiary/aromatic N) is 1. The molecule has 0 spiro atoms. The minimum Gasteiger partial charge on any atom is -0.378 e. The predicted octanol–water partition coefficient (Wildman–Crippen LogP) is 1.73. The van der Waals surface area contributed by atoms with Gasteiger partial charge in [-0.3, -0.25) is 0 Å². The second-order valence-corrected chi connectivity index (χ2v) is 4.71. The van der Waals surface area contributed by atoms with Crippen LogP contribution in [0.1, 0.15) is 33.6 Å². The van der Waals surface area contributed by atoms with Crippen molar-refractivity contribution in [2.45, 2.75) is 39.7 Å². The van der Waals surface area contributed by atoms with E-state index in [4.69, 9.17) is 4.74 Å². The number of nitrogens with one attached hydrogen (secondary N) is 1. The molecule has 1 saturated heterocycles. The molecular weight excluding hydrogens is 200 g/mol. The van der Waals surface area contributed by atoms with Gasteiger partial charge in [0.1, 0.15) is 0 Å². The Balaban J connectivity index is 1.95. The van der Waals surface area contributed by atoms with E-state index < -0.39 is 0 Å². The predicted molar refractivity (Wildman–Crippen MR) is 68.8 cm³/mol. The van der Waals surface area contributed by atoms with Gasteiger partial charge in [0, 0.05) is 13.2 Å². The normalized spacial score (nSPS) is 25.5. The average molecular weight is 228 g/mol.